The van der Waals surface area contributed by atoms with Crippen LogP contribution in [0.4, 0.5) is 0 Å². The lowest BCUT2D eigenvalue weighted by Crippen LogP contribution is -2.41. The zero-order chi connectivity index (χ0) is 27.6. The summed E-state index contributed by atoms with van der Waals surface area (Å²) in [6, 6.07) is 0. The third kappa shape index (κ3) is 22.1. The van der Waals surface area contributed by atoms with Crippen molar-refractivity contribution in [3.05, 3.63) is 0 Å². The monoisotopic (exact) mass is 530 g/mol. The number of aliphatic carboxylic acids is 1. The Bertz CT molecular complexity index is 574. The standard InChI is InChI=1S/C29H54O8/c1-2-3-4-5-6-7-8-9-10-11-12-13-14-15-16-20-27(34)36-24-29(22-30,23-31)25-37-28(35)21-18-17-19-26(32)33/h30-31H,2-25H2,1H3,(H,32,33). The van der Waals surface area contributed by atoms with E-state index in [1.807, 2.05) is 0 Å². The number of hydrogen-bond acceptors (Lipinski definition) is 7. The van der Waals surface area contributed by atoms with E-state index in [0.29, 0.717) is 12.8 Å². The van der Waals surface area contributed by atoms with Crippen molar-refractivity contribution in [1.29, 1.82) is 0 Å². The minimum atomic E-state index is -1.25. The van der Waals surface area contributed by atoms with E-state index in [1.54, 1.807) is 0 Å². The summed E-state index contributed by atoms with van der Waals surface area (Å²) in [6.45, 7) is 0.749. The van der Waals surface area contributed by atoms with Crippen molar-refractivity contribution in [3.63, 3.8) is 0 Å². The average Bonchev–Trinajstić information content (AvgIpc) is 2.89. The molecular weight excluding hydrogens is 476 g/mol. The van der Waals surface area contributed by atoms with E-state index in [9.17, 15) is 24.6 Å². The number of unbranched alkanes of at least 4 members (excludes halogenated alkanes) is 15. The molecule has 37 heavy (non-hydrogen) atoms. The Morgan fingerprint density at radius 3 is 1.22 bits per heavy atom. The maximum absolute atomic E-state index is 12.1. The molecule has 0 aromatic carbocycles. The molecule has 0 fully saturated rings. The van der Waals surface area contributed by atoms with E-state index in [2.05, 4.69) is 6.92 Å². The lowest BCUT2D eigenvalue weighted by molar-refractivity contribution is -0.159. The highest BCUT2D eigenvalue weighted by Gasteiger charge is 2.32. The van der Waals surface area contributed by atoms with Crippen molar-refractivity contribution in [2.24, 2.45) is 5.41 Å². The molecule has 0 aromatic rings. The topological polar surface area (TPSA) is 130 Å². The highest BCUT2D eigenvalue weighted by molar-refractivity contribution is 5.70. The first-order valence-electron chi connectivity index (χ1n) is 14.6. The van der Waals surface area contributed by atoms with E-state index in [1.165, 1.54) is 77.0 Å². The summed E-state index contributed by atoms with van der Waals surface area (Å²) >= 11 is 0. The van der Waals surface area contributed by atoms with Gasteiger partial charge in [-0.25, -0.2) is 0 Å². The maximum Gasteiger partial charge on any atom is 0.305 e. The summed E-state index contributed by atoms with van der Waals surface area (Å²) in [6.07, 6.45) is 19.8. The van der Waals surface area contributed by atoms with E-state index >= 15 is 0 Å². The second-order valence-electron chi connectivity index (χ2n) is 10.4. The summed E-state index contributed by atoms with van der Waals surface area (Å²) in [5.41, 5.74) is -1.25. The van der Waals surface area contributed by atoms with Gasteiger partial charge in [0.05, 0.1) is 18.6 Å². The molecule has 0 rings (SSSR count). The van der Waals surface area contributed by atoms with Gasteiger partial charge in [0.15, 0.2) is 0 Å². The number of carbonyl (C=O) groups excluding carboxylic acids is 2. The molecule has 0 bridgehead atoms. The van der Waals surface area contributed by atoms with Crippen molar-refractivity contribution in [1.82, 2.24) is 0 Å². The third-order valence-electron chi connectivity index (χ3n) is 6.76. The average molecular weight is 531 g/mol. The molecule has 3 N–H and O–H groups in total. The molecule has 0 unspecified atom stereocenters. The molecule has 0 spiro atoms. The quantitative estimate of drug-likeness (QED) is 0.0877. The van der Waals surface area contributed by atoms with Crippen LogP contribution < -0.4 is 0 Å². The lowest BCUT2D eigenvalue weighted by atomic mass is 9.92. The largest absolute Gasteiger partial charge is 0.481 e. The van der Waals surface area contributed by atoms with Gasteiger partial charge in [0.1, 0.15) is 13.2 Å². The molecule has 8 nitrogen and oxygen atoms in total. The molecule has 0 saturated heterocycles. The fourth-order valence-electron chi connectivity index (χ4n) is 4.07. The first-order valence-corrected chi connectivity index (χ1v) is 14.6. The Kier molecular flexibility index (Phi) is 23.5. The van der Waals surface area contributed by atoms with Crippen molar-refractivity contribution < 1.29 is 39.2 Å². The Balaban J connectivity index is 3.78. The van der Waals surface area contributed by atoms with Crippen molar-refractivity contribution in [2.75, 3.05) is 26.4 Å². The summed E-state index contributed by atoms with van der Waals surface area (Å²) in [5.74, 6) is -1.85. The Morgan fingerprint density at radius 2 is 0.865 bits per heavy atom. The number of carboxylic acids is 1. The number of carboxylic acid groups (broad SMARTS) is 1. The summed E-state index contributed by atoms with van der Waals surface area (Å²) in [7, 11) is 0. The highest BCUT2D eigenvalue weighted by atomic mass is 16.5. The third-order valence-corrected chi connectivity index (χ3v) is 6.76. The van der Waals surface area contributed by atoms with Crippen LogP contribution in [0.2, 0.25) is 0 Å². The van der Waals surface area contributed by atoms with Crippen LogP contribution in [-0.4, -0.2) is 59.7 Å². The smallest absolute Gasteiger partial charge is 0.305 e. The Morgan fingerprint density at radius 1 is 0.541 bits per heavy atom. The number of carbonyl (C=O) groups is 3. The number of ether oxygens (including phenoxy) is 2. The van der Waals surface area contributed by atoms with Gasteiger partial charge in [0.25, 0.3) is 0 Å². The summed E-state index contributed by atoms with van der Waals surface area (Å²) < 4.78 is 10.4. The molecule has 8 heteroatoms. The van der Waals surface area contributed by atoms with Gasteiger partial charge in [0.2, 0.25) is 0 Å². The maximum atomic E-state index is 12.1. The van der Waals surface area contributed by atoms with E-state index in [4.69, 9.17) is 14.6 Å². The molecular formula is C29H54O8. The second-order valence-corrected chi connectivity index (χ2v) is 10.4. The number of rotatable bonds is 27. The van der Waals surface area contributed by atoms with Gasteiger partial charge < -0.3 is 24.8 Å². The first kappa shape index (κ1) is 35.3. The van der Waals surface area contributed by atoms with Crippen molar-refractivity contribution in [3.8, 4) is 0 Å². The zero-order valence-corrected chi connectivity index (χ0v) is 23.4. The van der Waals surface area contributed by atoms with E-state index in [0.717, 1.165) is 19.3 Å². The number of aliphatic hydroxyl groups excluding tert-OH is 2. The zero-order valence-electron chi connectivity index (χ0n) is 23.4. The Labute approximate surface area is 224 Å². The first-order chi connectivity index (χ1) is 17.9. The molecule has 0 atom stereocenters. The predicted octanol–water partition coefficient (Wildman–Crippen LogP) is 5.95. The number of hydrogen-bond donors (Lipinski definition) is 3. The molecule has 0 aliphatic carbocycles. The van der Waals surface area contributed by atoms with Gasteiger partial charge in [-0.1, -0.05) is 96.8 Å². The van der Waals surface area contributed by atoms with E-state index < -0.39 is 30.6 Å². The summed E-state index contributed by atoms with van der Waals surface area (Å²) in [5, 5.41) is 28.0. The van der Waals surface area contributed by atoms with Gasteiger partial charge in [0, 0.05) is 19.3 Å². The number of aliphatic hydroxyl groups is 2. The van der Waals surface area contributed by atoms with Crippen LogP contribution in [-0.2, 0) is 23.9 Å². The fraction of sp³-hybridized carbons (Fsp3) is 0.897. The number of esters is 2. The molecule has 0 amide bonds. The normalized spacial score (nSPS) is 11.4. The minimum absolute atomic E-state index is 0.0141. The van der Waals surface area contributed by atoms with Crippen LogP contribution in [0.3, 0.4) is 0 Å². The lowest BCUT2D eigenvalue weighted by Gasteiger charge is -2.28. The molecule has 0 aromatic heterocycles. The second kappa shape index (κ2) is 24.7. The van der Waals surface area contributed by atoms with Crippen LogP contribution in [0.1, 0.15) is 135 Å². The van der Waals surface area contributed by atoms with Crippen LogP contribution in [0.15, 0.2) is 0 Å². The van der Waals surface area contributed by atoms with Gasteiger partial charge in [-0.05, 0) is 19.3 Å². The van der Waals surface area contributed by atoms with Gasteiger partial charge in [-0.3, -0.25) is 14.4 Å². The predicted molar refractivity (Wildman–Crippen MR) is 144 cm³/mol. The SMILES string of the molecule is CCCCCCCCCCCCCCCCCC(=O)OCC(CO)(CO)COC(=O)CCCCC(=O)O. The molecule has 0 radical (unpaired) electrons. The fourth-order valence-corrected chi connectivity index (χ4v) is 4.07. The van der Waals surface area contributed by atoms with Gasteiger partial charge >= 0.3 is 17.9 Å². The molecule has 0 aliphatic rings. The highest BCUT2D eigenvalue weighted by Crippen LogP contribution is 2.19. The molecule has 0 heterocycles. The summed E-state index contributed by atoms with van der Waals surface area (Å²) in [4.78, 5) is 34.4. The van der Waals surface area contributed by atoms with Gasteiger partial charge in [-0.2, -0.15) is 0 Å². The molecule has 0 saturated carbocycles. The van der Waals surface area contributed by atoms with Crippen molar-refractivity contribution >= 4 is 17.9 Å². The van der Waals surface area contributed by atoms with E-state index in [-0.39, 0.29) is 38.4 Å². The molecule has 218 valence electrons. The van der Waals surface area contributed by atoms with Crippen LogP contribution in [0, 0.1) is 5.41 Å². The van der Waals surface area contributed by atoms with Gasteiger partial charge in [-0.15, -0.1) is 0 Å². The van der Waals surface area contributed by atoms with Crippen LogP contribution in [0.5, 0.6) is 0 Å². The van der Waals surface area contributed by atoms with Crippen LogP contribution >= 0.6 is 0 Å². The van der Waals surface area contributed by atoms with Crippen LogP contribution in [0.25, 0.3) is 0 Å². The molecule has 0 aliphatic heterocycles. The Hall–Kier alpha value is -1.67. The minimum Gasteiger partial charge on any atom is -0.481 e. The van der Waals surface area contributed by atoms with Crippen molar-refractivity contribution in [2.45, 2.75) is 135 Å².